The summed E-state index contributed by atoms with van der Waals surface area (Å²) in [5.74, 6) is -2.84. The van der Waals surface area contributed by atoms with Gasteiger partial charge in [-0.3, -0.25) is 29.4 Å². The molecule has 1 unspecified atom stereocenters. The molecule has 2 aliphatic heterocycles. The summed E-state index contributed by atoms with van der Waals surface area (Å²) < 4.78 is 4.63. The predicted octanol–water partition coefficient (Wildman–Crippen LogP) is 2.07. The Labute approximate surface area is 185 Å². The maximum Gasteiger partial charge on any atom is 0.339 e. The number of imide groups is 2. The van der Waals surface area contributed by atoms with Crippen molar-refractivity contribution >= 4 is 53.0 Å². The molecule has 9 nitrogen and oxygen atoms in total. The number of aromatic nitrogens is 1. The van der Waals surface area contributed by atoms with Crippen molar-refractivity contribution in [3.05, 3.63) is 52.2 Å². The molecule has 1 N–H and O–H groups in total. The van der Waals surface area contributed by atoms with Gasteiger partial charge in [-0.15, -0.1) is 0 Å². The molecule has 3 heterocycles. The number of carbonyl (C=O) groups excluding carboxylic acids is 5. The van der Waals surface area contributed by atoms with Crippen molar-refractivity contribution in [2.24, 2.45) is 0 Å². The van der Waals surface area contributed by atoms with Gasteiger partial charge in [-0.1, -0.05) is 23.4 Å². The Morgan fingerprint density at radius 3 is 2.61 bits per heavy atom. The fourth-order valence-electron chi connectivity index (χ4n) is 3.36. The predicted molar refractivity (Wildman–Crippen MR) is 108 cm³/mol. The molecule has 2 aromatic rings. The molecule has 0 aliphatic carbocycles. The van der Waals surface area contributed by atoms with E-state index in [0.29, 0.717) is 9.92 Å². The van der Waals surface area contributed by atoms with Crippen LogP contribution in [0.25, 0.3) is 0 Å². The van der Waals surface area contributed by atoms with Gasteiger partial charge in [0, 0.05) is 17.5 Å². The second-order valence-corrected chi connectivity index (χ2v) is 8.23. The molecule has 1 fully saturated rings. The number of ether oxygens (including phenoxy) is 1. The van der Waals surface area contributed by atoms with E-state index in [1.165, 1.54) is 31.5 Å². The van der Waals surface area contributed by atoms with Gasteiger partial charge in [-0.05, 0) is 30.7 Å². The Kier molecular flexibility index (Phi) is 5.50. The number of halogens is 1. The Morgan fingerprint density at radius 1 is 1.19 bits per heavy atom. The Morgan fingerprint density at radius 2 is 1.94 bits per heavy atom. The van der Waals surface area contributed by atoms with E-state index in [1.54, 1.807) is 6.07 Å². The van der Waals surface area contributed by atoms with Gasteiger partial charge in [-0.25, -0.2) is 9.78 Å². The number of esters is 1. The van der Waals surface area contributed by atoms with Crippen LogP contribution in [0.5, 0.6) is 0 Å². The largest absolute Gasteiger partial charge is 0.465 e. The smallest absolute Gasteiger partial charge is 0.339 e. The fraction of sp³-hybridized carbons (Fsp3) is 0.200. The highest BCUT2D eigenvalue weighted by molar-refractivity contribution is 7.99. The van der Waals surface area contributed by atoms with Crippen molar-refractivity contribution in [2.75, 3.05) is 7.11 Å². The van der Waals surface area contributed by atoms with Crippen molar-refractivity contribution in [1.29, 1.82) is 0 Å². The van der Waals surface area contributed by atoms with Gasteiger partial charge < -0.3 is 4.74 Å². The molecule has 0 radical (unpaired) electrons. The number of methoxy groups -OCH3 is 1. The lowest BCUT2D eigenvalue weighted by Gasteiger charge is -2.27. The first-order valence-electron chi connectivity index (χ1n) is 9.07. The van der Waals surface area contributed by atoms with Crippen molar-refractivity contribution < 1.29 is 28.7 Å². The number of hydrogen-bond donors (Lipinski definition) is 1. The van der Waals surface area contributed by atoms with Crippen molar-refractivity contribution in [3.63, 3.8) is 0 Å². The second-order valence-electron chi connectivity index (χ2n) is 6.76. The first kappa shape index (κ1) is 21.0. The number of amides is 4. The van der Waals surface area contributed by atoms with E-state index in [9.17, 15) is 24.0 Å². The van der Waals surface area contributed by atoms with Gasteiger partial charge in [0.2, 0.25) is 11.8 Å². The van der Waals surface area contributed by atoms with Crippen LogP contribution in [0.3, 0.4) is 0 Å². The molecule has 4 rings (SSSR count). The van der Waals surface area contributed by atoms with Crippen LogP contribution in [0.2, 0.25) is 5.02 Å². The third-order valence-corrected chi connectivity index (χ3v) is 6.26. The normalized spacial score (nSPS) is 18.1. The lowest BCUT2D eigenvalue weighted by atomic mass is 10.0. The van der Waals surface area contributed by atoms with Gasteiger partial charge in [-0.2, -0.15) is 0 Å². The number of nitrogens with one attached hydrogen (secondary N) is 1. The highest BCUT2D eigenvalue weighted by Crippen LogP contribution is 2.35. The average Bonchev–Trinajstić information content (AvgIpc) is 2.99. The van der Waals surface area contributed by atoms with E-state index in [1.807, 2.05) is 0 Å². The molecule has 1 atom stereocenters. The van der Waals surface area contributed by atoms with Crippen LogP contribution in [0.15, 0.2) is 40.4 Å². The topological polar surface area (TPSA) is 123 Å². The maximum absolute atomic E-state index is 12.9. The zero-order chi connectivity index (χ0) is 22.3. The molecular weight excluding hydrogens is 446 g/mol. The molecule has 158 valence electrons. The summed E-state index contributed by atoms with van der Waals surface area (Å²) in [4.78, 5) is 66.4. The highest BCUT2D eigenvalue weighted by Gasteiger charge is 2.44. The summed E-state index contributed by atoms with van der Waals surface area (Å²) in [6, 6.07) is 5.06. The standard InChI is InChI=1S/C20H14ClN3O6S/c1-30-20(29)9-6-13(21)17(22-8-9)31-10-2-3-11-12(7-10)19(28)24(18(11)27)14-4-5-15(25)23-16(14)26/h2-3,6-8,14H,4-5H2,1H3,(H,23,25,26). The van der Waals surface area contributed by atoms with Crippen LogP contribution in [0.1, 0.15) is 43.9 Å². The number of carbonyl (C=O) groups is 5. The van der Waals surface area contributed by atoms with Gasteiger partial charge in [0.1, 0.15) is 11.1 Å². The molecule has 31 heavy (non-hydrogen) atoms. The van der Waals surface area contributed by atoms with Gasteiger partial charge >= 0.3 is 5.97 Å². The number of rotatable bonds is 4. The quantitative estimate of drug-likeness (QED) is 0.544. The van der Waals surface area contributed by atoms with E-state index < -0.39 is 35.6 Å². The van der Waals surface area contributed by atoms with E-state index in [0.717, 1.165) is 16.7 Å². The maximum atomic E-state index is 12.9. The summed E-state index contributed by atoms with van der Waals surface area (Å²) in [6.07, 6.45) is 1.47. The monoisotopic (exact) mass is 459 g/mol. The molecule has 1 aromatic heterocycles. The number of hydrogen-bond acceptors (Lipinski definition) is 8. The minimum atomic E-state index is -1.02. The van der Waals surface area contributed by atoms with Gasteiger partial charge in [0.15, 0.2) is 0 Å². The Balaban J connectivity index is 1.58. The van der Waals surface area contributed by atoms with Crippen LogP contribution in [-0.2, 0) is 14.3 Å². The minimum absolute atomic E-state index is 0.0522. The zero-order valence-electron chi connectivity index (χ0n) is 16.0. The van der Waals surface area contributed by atoms with E-state index >= 15 is 0 Å². The third-order valence-electron chi connectivity index (χ3n) is 4.85. The van der Waals surface area contributed by atoms with E-state index in [4.69, 9.17) is 11.6 Å². The molecule has 2 aliphatic rings. The molecule has 1 aromatic carbocycles. The molecule has 0 bridgehead atoms. The minimum Gasteiger partial charge on any atom is -0.465 e. The van der Waals surface area contributed by atoms with Gasteiger partial charge in [0.05, 0.1) is 28.8 Å². The van der Waals surface area contributed by atoms with Gasteiger partial charge in [0.25, 0.3) is 11.8 Å². The number of pyridine rings is 1. The van der Waals surface area contributed by atoms with Crippen LogP contribution in [0.4, 0.5) is 0 Å². The zero-order valence-corrected chi connectivity index (χ0v) is 17.6. The summed E-state index contributed by atoms with van der Waals surface area (Å²) in [5.41, 5.74) is 0.535. The highest BCUT2D eigenvalue weighted by atomic mass is 35.5. The SMILES string of the molecule is COC(=O)c1cnc(Sc2ccc3c(c2)C(=O)N(C2CCC(=O)NC2=O)C3=O)c(Cl)c1. The van der Waals surface area contributed by atoms with Crippen molar-refractivity contribution in [2.45, 2.75) is 28.8 Å². The first-order chi connectivity index (χ1) is 14.8. The van der Waals surface area contributed by atoms with Crippen molar-refractivity contribution in [3.8, 4) is 0 Å². The lowest BCUT2D eigenvalue weighted by molar-refractivity contribution is -0.136. The number of nitrogens with zero attached hydrogens (tertiary/aromatic N) is 2. The molecule has 1 saturated heterocycles. The average molecular weight is 460 g/mol. The fourth-order valence-corrected chi connectivity index (χ4v) is 4.44. The molecule has 0 spiro atoms. The number of fused-ring (bicyclic) bond motifs is 1. The lowest BCUT2D eigenvalue weighted by Crippen LogP contribution is -2.54. The second kappa shape index (κ2) is 8.12. The van der Waals surface area contributed by atoms with E-state index in [2.05, 4.69) is 15.0 Å². The molecule has 0 saturated carbocycles. The van der Waals surface area contributed by atoms with Crippen LogP contribution >= 0.6 is 23.4 Å². The van der Waals surface area contributed by atoms with E-state index in [-0.39, 0.29) is 34.6 Å². The number of benzene rings is 1. The third kappa shape index (κ3) is 3.79. The Bertz CT molecular complexity index is 1170. The van der Waals surface area contributed by atoms with Crippen molar-refractivity contribution in [1.82, 2.24) is 15.2 Å². The molecule has 4 amide bonds. The summed E-state index contributed by atoms with van der Waals surface area (Å²) in [6.45, 7) is 0. The summed E-state index contributed by atoms with van der Waals surface area (Å²) in [7, 11) is 1.25. The molecular formula is C20H14ClN3O6S. The van der Waals surface area contributed by atoms with Crippen LogP contribution in [0, 0.1) is 0 Å². The van der Waals surface area contributed by atoms with Crippen LogP contribution in [-0.4, -0.2) is 52.6 Å². The Hall–Kier alpha value is -3.24. The molecule has 11 heteroatoms. The van der Waals surface area contributed by atoms with Crippen LogP contribution < -0.4 is 5.32 Å². The summed E-state index contributed by atoms with van der Waals surface area (Å²) >= 11 is 7.36. The number of piperidine rings is 1. The summed E-state index contributed by atoms with van der Waals surface area (Å²) in [5, 5.41) is 2.78. The first-order valence-corrected chi connectivity index (χ1v) is 10.3.